The molecule has 55 heavy (non-hydrogen) atoms. The second-order valence-corrected chi connectivity index (χ2v) is 11.4. The number of ether oxygens (including phenoxy) is 1. The largest absolute Gasteiger partial charge is 0.460 e. The van der Waals surface area contributed by atoms with Gasteiger partial charge in [0.15, 0.2) is 0 Å². The zero-order chi connectivity index (χ0) is 41.0. The Bertz CT molecular complexity index is 1980. The van der Waals surface area contributed by atoms with Gasteiger partial charge in [0.05, 0.1) is 28.3 Å². The fourth-order valence-electron chi connectivity index (χ4n) is 4.65. The third-order valence-corrected chi connectivity index (χ3v) is 7.85. The number of halogens is 13. The zero-order valence-corrected chi connectivity index (χ0v) is 28.1. The third-order valence-electron chi connectivity index (χ3n) is 7.85. The Labute approximate surface area is 303 Å². The summed E-state index contributed by atoms with van der Waals surface area (Å²) in [6.07, 6.45) is -7.51. The van der Waals surface area contributed by atoms with Crippen molar-refractivity contribution in [2.45, 2.75) is 49.6 Å². The van der Waals surface area contributed by atoms with E-state index in [2.05, 4.69) is 39.2 Å². The van der Waals surface area contributed by atoms with Gasteiger partial charge in [0, 0.05) is 24.3 Å². The van der Waals surface area contributed by atoms with Gasteiger partial charge < -0.3 is 9.64 Å². The molecule has 0 heterocycles. The number of anilines is 1. The summed E-state index contributed by atoms with van der Waals surface area (Å²) in [5.74, 6) is -39.6. The van der Waals surface area contributed by atoms with Crippen LogP contribution in [0.1, 0.15) is 29.8 Å². The molecule has 0 unspecified atom stereocenters. The number of esters is 1. The van der Waals surface area contributed by atoms with Crippen LogP contribution in [0.3, 0.4) is 0 Å². The fourth-order valence-corrected chi connectivity index (χ4v) is 4.65. The molecule has 0 atom stereocenters. The molecule has 0 bridgehead atoms. The summed E-state index contributed by atoms with van der Waals surface area (Å²) in [7, 11) is 0. The maximum Gasteiger partial charge on any atom is 0.460 e. The van der Waals surface area contributed by atoms with Crippen LogP contribution in [0, 0.1) is 0 Å². The van der Waals surface area contributed by atoms with Crippen molar-refractivity contribution in [3.05, 3.63) is 108 Å². The third kappa shape index (κ3) is 8.41. The SMILES string of the molecule is CCN(CC)c1ccc(N=Nc2ccc(N=Nc3ccc(C(=O)Oc4ccc(C(F)(F)C(F)(F)C(F)(F)C(F)(F)C(F)(F)C(F)(F)F)cc4)cc3)cc2)cc1. The molecular formula is C35H26F13N5O2. The van der Waals surface area contributed by atoms with Crippen LogP contribution < -0.4 is 9.64 Å². The summed E-state index contributed by atoms with van der Waals surface area (Å²) in [5, 5.41) is 16.5. The Morgan fingerprint density at radius 2 is 0.873 bits per heavy atom. The molecule has 0 amide bonds. The van der Waals surface area contributed by atoms with Crippen molar-refractivity contribution >= 4 is 34.4 Å². The summed E-state index contributed by atoms with van der Waals surface area (Å²) in [6.45, 7) is 5.85. The van der Waals surface area contributed by atoms with Gasteiger partial charge in [0.1, 0.15) is 5.75 Å². The lowest BCUT2D eigenvalue weighted by molar-refractivity contribution is -0.441. The monoisotopic (exact) mass is 795 g/mol. The van der Waals surface area contributed by atoms with Crippen LogP contribution in [0.2, 0.25) is 0 Å². The van der Waals surface area contributed by atoms with Crippen LogP contribution in [0.25, 0.3) is 0 Å². The number of rotatable bonds is 14. The molecule has 0 aliphatic heterocycles. The minimum atomic E-state index is -8.02. The molecule has 294 valence electrons. The number of hydrogen-bond acceptors (Lipinski definition) is 7. The molecule has 0 aliphatic carbocycles. The molecule has 0 aliphatic rings. The van der Waals surface area contributed by atoms with Gasteiger partial charge in [-0.05, 0) is 111 Å². The van der Waals surface area contributed by atoms with E-state index in [4.69, 9.17) is 4.74 Å². The number of hydrogen-bond donors (Lipinski definition) is 0. The van der Waals surface area contributed by atoms with E-state index in [1.165, 1.54) is 24.3 Å². The van der Waals surface area contributed by atoms with Gasteiger partial charge in [0.25, 0.3) is 0 Å². The van der Waals surface area contributed by atoms with E-state index in [9.17, 15) is 61.9 Å². The first-order valence-corrected chi connectivity index (χ1v) is 15.7. The topological polar surface area (TPSA) is 79.0 Å². The fraction of sp³-hybridized carbons (Fsp3) is 0.286. The van der Waals surface area contributed by atoms with Gasteiger partial charge in [-0.1, -0.05) is 0 Å². The highest BCUT2D eigenvalue weighted by atomic mass is 19.4. The quantitative estimate of drug-likeness (QED) is 0.0552. The second-order valence-electron chi connectivity index (χ2n) is 11.4. The Morgan fingerprint density at radius 1 is 0.509 bits per heavy atom. The molecule has 4 rings (SSSR count). The molecule has 0 fully saturated rings. The van der Waals surface area contributed by atoms with Crippen LogP contribution in [-0.4, -0.2) is 48.9 Å². The summed E-state index contributed by atoms with van der Waals surface area (Å²) >= 11 is 0. The number of alkyl halides is 13. The van der Waals surface area contributed by atoms with E-state index in [1.54, 1.807) is 24.3 Å². The van der Waals surface area contributed by atoms with Crippen molar-refractivity contribution in [2.75, 3.05) is 18.0 Å². The van der Waals surface area contributed by atoms with Crippen LogP contribution in [0.4, 0.5) is 85.5 Å². The predicted octanol–water partition coefficient (Wildman–Crippen LogP) is 12.8. The average molecular weight is 796 g/mol. The summed E-state index contributed by atoms with van der Waals surface area (Å²) in [4.78, 5) is 14.7. The molecule has 4 aromatic rings. The molecule has 7 nitrogen and oxygen atoms in total. The molecule has 0 aromatic heterocycles. The van der Waals surface area contributed by atoms with E-state index in [-0.39, 0.29) is 23.4 Å². The number of nitrogens with zero attached hydrogens (tertiary/aromatic N) is 5. The minimum Gasteiger partial charge on any atom is -0.423 e. The van der Waals surface area contributed by atoms with Crippen LogP contribution in [0.15, 0.2) is 118 Å². The van der Waals surface area contributed by atoms with Crippen LogP contribution in [0.5, 0.6) is 5.75 Å². The van der Waals surface area contributed by atoms with Crippen molar-refractivity contribution in [1.29, 1.82) is 0 Å². The Hall–Kier alpha value is -5.56. The van der Waals surface area contributed by atoms with Gasteiger partial charge in [-0.3, -0.25) is 0 Å². The number of benzene rings is 4. The van der Waals surface area contributed by atoms with E-state index in [1.807, 2.05) is 24.3 Å². The summed E-state index contributed by atoms with van der Waals surface area (Å²) in [6, 6.07) is 19.6. The average Bonchev–Trinajstić information content (AvgIpc) is 3.14. The van der Waals surface area contributed by atoms with Crippen LogP contribution in [-0.2, 0) is 5.92 Å². The Morgan fingerprint density at radius 3 is 1.25 bits per heavy atom. The van der Waals surface area contributed by atoms with Crippen molar-refractivity contribution in [3.63, 3.8) is 0 Å². The van der Waals surface area contributed by atoms with Gasteiger partial charge in [-0.25, -0.2) is 4.79 Å². The Balaban J connectivity index is 1.37. The molecule has 0 saturated carbocycles. The highest BCUT2D eigenvalue weighted by molar-refractivity contribution is 5.91. The van der Waals surface area contributed by atoms with Gasteiger partial charge in [0.2, 0.25) is 0 Å². The smallest absolute Gasteiger partial charge is 0.423 e. The number of carbonyl (C=O) groups is 1. The maximum atomic E-state index is 14.4. The van der Waals surface area contributed by atoms with Crippen molar-refractivity contribution in [1.82, 2.24) is 0 Å². The minimum absolute atomic E-state index is 0.114. The van der Waals surface area contributed by atoms with Gasteiger partial charge >= 0.3 is 41.8 Å². The van der Waals surface area contributed by atoms with E-state index < -0.39 is 53.1 Å². The lowest BCUT2D eigenvalue weighted by atomic mass is 9.90. The maximum absolute atomic E-state index is 14.4. The van der Waals surface area contributed by atoms with E-state index >= 15 is 0 Å². The summed E-state index contributed by atoms with van der Waals surface area (Å²) in [5.41, 5.74) is 0.536. The zero-order valence-electron chi connectivity index (χ0n) is 28.1. The highest BCUT2D eigenvalue weighted by Gasteiger charge is 2.90. The number of carbonyl (C=O) groups excluding carboxylic acids is 1. The van der Waals surface area contributed by atoms with Crippen molar-refractivity contribution in [3.8, 4) is 5.75 Å². The second kappa shape index (κ2) is 15.7. The van der Waals surface area contributed by atoms with E-state index in [0.717, 1.165) is 18.8 Å². The first-order valence-electron chi connectivity index (χ1n) is 15.7. The lowest BCUT2D eigenvalue weighted by Crippen LogP contribution is -2.69. The number of azo groups is 2. The molecule has 0 radical (unpaired) electrons. The standard InChI is InChI=1S/C35H26F13N5O2/c1-3-53(4-2)27-17-15-26(16-18-27)52-51-25-13-11-24(12-14-25)50-49-23-9-5-21(6-10-23)29(54)55-28-19-7-22(8-20-28)30(36,37)31(38,39)32(40,41)33(42,43)34(44,45)35(46,47)48/h5-20H,3-4H2,1-2H3. The first kappa shape index (κ1) is 42.2. The lowest BCUT2D eigenvalue weighted by Gasteiger charge is -2.39. The molecule has 0 spiro atoms. The molecule has 0 N–H and O–H groups in total. The van der Waals surface area contributed by atoms with E-state index in [0.29, 0.717) is 29.2 Å². The predicted molar refractivity (Wildman–Crippen MR) is 172 cm³/mol. The van der Waals surface area contributed by atoms with Crippen LogP contribution >= 0.6 is 0 Å². The summed E-state index contributed by atoms with van der Waals surface area (Å²) < 4.78 is 180. The normalized spacial score (nSPS) is 13.4. The van der Waals surface area contributed by atoms with Gasteiger partial charge in [-0.2, -0.15) is 77.5 Å². The molecule has 20 heteroatoms. The first-order chi connectivity index (χ1) is 25.5. The van der Waals surface area contributed by atoms with Crippen molar-refractivity contribution < 1.29 is 66.6 Å². The van der Waals surface area contributed by atoms with Gasteiger partial charge in [-0.15, -0.1) is 0 Å². The molecule has 0 saturated heterocycles. The molecular weight excluding hydrogens is 769 g/mol. The highest BCUT2D eigenvalue weighted by Crippen LogP contribution is 2.62. The van der Waals surface area contributed by atoms with Crippen molar-refractivity contribution in [2.24, 2.45) is 20.5 Å². The Kier molecular flexibility index (Phi) is 12.0. The molecule has 4 aromatic carbocycles.